The maximum atomic E-state index is 13.6. The Labute approximate surface area is 122 Å². The summed E-state index contributed by atoms with van der Waals surface area (Å²) in [5, 5.41) is 14.0. The second-order valence-electron chi connectivity index (χ2n) is 6.47. The van der Waals surface area contributed by atoms with Crippen LogP contribution in [0.4, 0.5) is 14.9 Å². The van der Waals surface area contributed by atoms with Gasteiger partial charge in [0.25, 0.3) is 0 Å². The van der Waals surface area contributed by atoms with E-state index in [2.05, 4.69) is 10.6 Å². The van der Waals surface area contributed by atoms with Gasteiger partial charge in [-0.2, -0.15) is 0 Å². The first-order chi connectivity index (χ1) is 9.57. The molecule has 0 heterocycles. The number of rotatable bonds is 3. The number of amides is 2. The minimum Gasteiger partial charge on any atom is -0.478 e. The van der Waals surface area contributed by atoms with E-state index in [9.17, 15) is 14.0 Å². The number of anilines is 1. The molecule has 0 atom stereocenters. The number of nitrogens with one attached hydrogen (secondary N) is 2. The molecule has 2 amide bonds. The predicted octanol–water partition coefficient (Wildman–Crippen LogP) is 3.08. The first-order valence-electron chi connectivity index (χ1n) is 6.67. The number of carboxylic acid groups (broad SMARTS) is 1. The van der Waals surface area contributed by atoms with E-state index < -0.39 is 17.8 Å². The molecule has 0 aromatic heterocycles. The third-order valence-electron chi connectivity index (χ3n) is 4.76. The molecular formula is C15H19FN2O3. The van der Waals surface area contributed by atoms with Gasteiger partial charge in [-0.25, -0.2) is 14.0 Å². The quantitative estimate of drug-likeness (QED) is 0.801. The van der Waals surface area contributed by atoms with Crippen LogP contribution in [-0.4, -0.2) is 23.1 Å². The van der Waals surface area contributed by atoms with Gasteiger partial charge in [0.15, 0.2) is 0 Å². The fourth-order valence-corrected chi connectivity index (χ4v) is 2.60. The molecule has 1 saturated carbocycles. The summed E-state index contributed by atoms with van der Waals surface area (Å²) in [6.07, 6.45) is 0. The fourth-order valence-electron chi connectivity index (χ4n) is 2.60. The van der Waals surface area contributed by atoms with Gasteiger partial charge < -0.3 is 15.7 Å². The number of carbonyl (C=O) groups excluding carboxylic acids is 1. The van der Waals surface area contributed by atoms with Gasteiger partial charge in [-0.3, -0.25) is 0 Å². The number of carbonyl (C=O) groups is 2. The molecule has 1 fully saturated rings. The Morgan fingerprint density at radius 1 is 1.19 bits per heavy atom. The van der Waals surface area contributed by atoms with Crippen molar-refractivity contribution in [3.8, 4) is 0 Å². The largest absolute Gasteiger partial charge is 0.478 e. The van der Waals surface area contributed by atoms with Gasteiger partial charge in [0.05, 0.1) is 11.3 Å². The van der Waals surface area contributed by atoms with E-state index in [-0.39, 0.29) is 28.1 Å². The lowest BCUT2D eigenvalue weighted by atomic mass is 10.0. The van der Waals surface area contributed by atoms with Crippen molar-refractivity contribution in [1.82, 2.24) is 5.32 Å². The molecule has 1 aromatic rings. The Morgan fingerprint density at radius 2 is 1.76 bits per heavy atom. The first kappa shape index (κ1) is 15.3. The second kappa shape index (κ2) is 4.72. The van der Waals surface area contributed by atoms with Crippen LogP contribution in [0.25, 0.3) is 0 Å². The van der Waals surface area contributed by atoms with Gasteiger partial charge in [0.2, 0.25) is 0 Å². The number of benzene rings is 1. The van der Waals surface area contributed by atoms with Crippen LogP contribution < -0.4 is 10.6 Å². The smallest absolute Gasteiger partial charge is 0.335 e. The lowest BCUT2D eigenvalue weighted by molar-refractivity contribution is 0.0697. The summed E-state index contributed by atoms with van der Waals surface area (Å²) >= 11 is 0. The van der Waals surface area contributed by atoms with Gasteiger partial charge in [-0.05, 0) is 29.0 Å². The lowest BCUT2D eigenvalue weighted by Gasteiger charge is -2.10. The molecule has 1 aromatic carbocycles. The molecule has 0 radical (unpaired) electrons. The zero-order valence-electron chi connectivity index (χ0n) is 12.5. The van der Waals surface area contributed by atoms with E-state index in [1.165, 1.54) is 0 Å². The van der Waals surface area contributed by atoms with Crippen LogP contribution in [0.1, 0.15) is 38.1 Å². The standard InChI is InChI=1S/C15H19FN2O3/c1-14(2)12(15(14,3)4)18-13(21)17-10-7-8(11(19)20)5-6-9(10)16/h5-7,12H,1-4H3,(H,19,20)(H2,17,18,21). The zero-order valence-corrected chi connectivity index (χ0v) is 12.5. The van der Waals surface area contributed by atoms with E-state index in [1.807, 2.05) is 27.7 Å². The molecule has 1 aliphatic carbocycles. The molecule has 0 bridgehead atoms. The van der Waals surface area contributed by atoms with Crippen LogP contribution in [0.15, 0.2) is 18.2 Å². The molecule has 0 aliphatic heterocycles. The van der Waals surface area contributed by atoms with Gasteiger partial charge in [-0.1, -0.05) is 27.7 Å². The topological polar surface area (TPSA) is 78.4 Å². The number of aromatic carboxylic acids is 1. The summed E-state index contributed by atoms with van der Waals surface area (Å²) < 4.78 is 13.6. The highest BCUT2D eigenvalue weighted by Gasteiger charge is 2.65. The number of halogens is 1. The van der Waals surface area contributed by atoms with Crippen molar-refractivity contribution in [2.45, 2.75) is 33.7 Å². The minimum atomic E-state index is -1.18. The highest BCUT2D eigenvalue weighted by molar-refractivity contribution is 5.93. The lowest BCUT2D eigenvalue weighted by Crippen LogP contribution is -2.34. The molecule has 5 nitrogen and oxygen atoms in total. The Hall–Kier alpha value is -2.11. The second-order valence-corrected chi connectivity index (χ2v) is 6.47. The van der Waals surface area contributed by atoms with Gasteiger partial charge in [0, 0.05) is 6.04 Å². The monoisotopic (exact) mass is 294 g/mol. The van der Waals surface area contributed by atoms with Crippen LogP contribution in [0.5, 0.6) is 0 Å². The summed E-state index contributed by atoms with van der Waals surface area (Å²) in [5.41, 5.74) is -0.306. The Balaban J connectivity index is 2.07. The van der Waals surface area contributed by atoms with Gasteiger partial charge >= 0.3 is 12.0 Å². The highest BCUT2D eigenvalue weighted by atomic mass is 19.1. The van der Waals surface area contributed by atoms with Crippen molar-refractivity contribution in [3.63, 3.8) is 0 Å². The van der Waals surface area contributed by atoms with Crippen molar-refractivity contribution in [3.05, 3.63) is 29.6 Å². The van der Waals surface area contributed by atoms with Crippen LogP contribution in [0.3, 0.4) is 0 Å². The molecule has 2 rings (SSSR count). The maximum Gasteiger partial charge on any atom is 0.335 e. The normalized spacial score (nSPS) is 18.9. The van der Waals surface area contributed by atoms with E-state index >= 15 is 0 Å². The molecule has 0 saturated heterocycles. The summed E-state index contributed by atoms with van der Waals surface area (Å²) in [6.45, 7) is 8.18. The summed E-state index contributed by atoms with van der Waals surface area (Å²) in [4.78, 5) is 22.8. The average Bonchev–Trinajstić information content (AvgIpc) is 2.74. The van der Waals surface area contributed by atoms with Crippen LogP contribution in [0.2, 0.25) is 0 Å². The van der Waals surface area contributed by atoms with Gasteiger partial charge in [0.1, 0.15) is 5.82 Å². The molecule has 0 spiro atoms. The Morgan fingerprint density at radius 3 is 2.24 bits per heavy atom. The zero-order chi connectivity index (χ0) is 16.0. The van der Waals surface area contributed by atoms with E-state index in [0.717, 1.165) is 18.2 Å². The molecule has 3 N–H and O–H groups in total. The van der Waals surface area contributed by atoms with E-state index in [1.54, 1.807) is 0 Å². The summed E-state index contributed by atoms with van der Waals surface area (Å²) in [6, 6.07) is 2.70. The predicted molar refractivity (Wildman–Crippen MR) is 76.9 cm³/mol. The summed E-state index contributed by atoms with van der Waals surface area (Å²) in [5.74, 6) is -1.85. The van der Waals surface area contributed by atoms with Crippen molar-refractivity contribution in [2.24, 2.45) is 10.8 Å². The number of hydrogen-bond donors (Lipinski definition) is 3. The average molecular weight is 294 g/mol. The van der Waals surface area contributed by atoms with E-state index in [0.29, 0.717) is 0 Å². The molecular weight excluding hydrogens is 275 g/mol. The Kier molecular flexibility index (Phi) is 3.43. The van der Waals surface area contributed by atoms with Crippen molar-refractivity contribution in [1.29, 1.82) is 0 Å². The number of carboxylic acids is 1. The van der Waals surface area contributed by atoms with Crippen LogP contribution in [0, 0.1) is 16.6 Å². The third kappa shape index (κ3) is 2.57. The number of urea groups is 1. The molecule has 114 valence electrons. The molecule has 0 unspecified atom stereocenters. The Bertz CT molecular complexity index is 597. The third-order valence-corrected chi connectivity index (χ3v) is 4.76. The van der Waals surface area contributed by atoms with Gasteiger partial charge in [-0.15, -0.1) is 0 Å². The molecule has 1 aliphatic rings. The maximum absolute atomic E-state index is 13.6. The molecule has 21 heavy (non-hydrogen) atoms. The first-order valence-corrected chi connectivity index (χ1v) is 6.67. The fraction of sp³-hybridized carbons (Fsp3) is 0.467. The SMILES string of the molecule is CC1(C)C(NC(=O)Nc2cc(C(=O)O)ccc2F)C1(C)C. The van der Waals surface area contributed by atoms with E-state index in [4.69, 9.17) is 5.11 Å². The minimum absolute atomic E-state index is 0.0179. The number of hydrogen-bond acceptors (Lipinski definition) is 2. The van der Waals surface area contributed by atoms with Crippen molar-refractivity contribution >= 4 is 17.7 Å². The summed E-state index contributed by atoms with van der Waals surface area (Å²) in [7, 11) is 0. The highest BCUT2D eigenvalue weighted by Crippen LogP contribution is 2.62. The van der Waals surface area contributed by atoms with Crippen LogP contribution in [-0.2, 0) is 0 Å². The van der Waals surface area contributed by atoms with Crippen molar-refractivity contribution < 1.29 is 19.1 Å². The van der Waals surface area contributed by atoms with Crippen molar-refractivity contribution in [2.75, 3.05) is 5.32 Å². The van der Waals surface area contributed by atoms with Crippen LogP contribution >= 0.6 is 0 Å². The molecule has 6 heteroatoms.